The zero-order valence-electron chi connectivity index (χ0n) is 16.6. The van der Waals surface area contributed by atoms with Gasteiger partial charge in [0.15, 0.2) is 0 Å². The third kappa shape index (κ3) is 3.18. The van der Waals surface area contributed by atoms with Crippen LogP contribution in [-0.4, -0.2) is 0 Å². The molecule has 1 aliphatic rings. The van der Waals surface area contributed by atoms with Gasteiger partial charge in [-0.05, 0) is 42.0 Å². The fraction of sp³-hybridized carbons (Fsp3) is 0.222. The Hall–Kier alpha value is -2.82. The first-order chi connectivity index (χ1) is 13.0. The Morgan fingerprint density at radius 2 is 1.22 bits per heavy atom. The summed E-state index contributed by atoms with van der Waals surface area (Å²) in [5.74, 6) is 0.505. The van der Waals surface area contributed by atoms with Gasteiger partial charge in [0, 0.05) is 11.0 Å². The van der Waals surface area contributed by atoms with Crippen LogP contribution in [-0.2, 0) is 5.41 Å². The molecule has 1 aliphatic carbocycles. The highest BCUT2D eigenvalue weighted by atomic mass is 14.6. The van der Waals surface area contributed by atoms with Gasteiger partial charge in [0.05, 0.1) is 0 Å². The topological polar surface area (TPSA) is 0 Å². The lowest BCUT2D eigenvalue weighted by Gasteiger charge is -2.09. The first-order valence-corrected chi connectivity index (χ1v) is 9.71. The molecule has 2 atom stereocenters. The van der Waals surface area contributed by atoms with E-state index in [4.69, 9.17) is 0 Å². The van der Waals surface area contributed by atoms with Crippen molar-refractivity contribution in [3.05, 3.63) is 118 Å². The van der Waals surface area contributed by atoms with Crippen LogP contribution in [0.15, 0.2) is 90.2 Å². The van der Waals surface area contributed by atoms with Crippen LogP contribution < -0.4 is 0 Å². The summed E-state index contributed by atoms with van der Waals surface area (Å²) in [6.45, 7) is 8.92. The van der Waals surface area contributed by atoms with Gasteiger partial charge in [-0.1, -0.05) is 104 Å². The van der Waals surface area contributed by atoms with Crippen LogP contribution in [0.2, 0.25) is 0 Å². The first-order valence-electron chi connectivity index (χ1n) is 9.71. The quantitative estimate of drug-likeness (QED) is 0.452. The molecule has 4 rings (SSSR count). The van der Waals surface area contributed by atoms with Crippen molar-refractivity contribution in [3.63, 3.8) is 0 Å². The van der Waals surface area contributed by atoms with E-state index in [9.17, 15) is 0 Å². The molecular weight excluding hydrogens is 324 g/mol. The van der Waals surface area contributed by atoms with Crippen LogP contribution in [0.5, 0.6) is 0 Å². The molecule has 1 saturated carbocycles. The van der Waals surface area contributed by atoms with Crippen LogP contribution in [0, 0.1) is 19.8 Å². The van der Waals surface area contributed by atoms with E-state index in [2.05, 4.69) is 112 Å². The van der Waals surface area contributed by atoms with Crippen molar-refractivity contribution in [1.29, 1.82) is 0 Å². The predicted molar refractivity (Wildman–Crippen MR) is 115 cm³/mol. The van der Waals surface area contributed by atoms with Gasteiger partial charge >= 0.3 is 0 Å². The summed E-state index contributed by atoms with van der Waals surface area (Å²) >= 11 is 0. The Labute approximate surface area is 162 Å². The Bertz CT molecular complexity index is 966. The molecule has 0 unspecified atom stereocenters. The van der Waals surface area contributed by atoms with E-state index in [1.807, 2.05) is 0 Å². The zero-order chi connectivity index (χ0) is 19.0. The lowest BCUT2D eigenvalue weighted by Crippen LogP contribution is -2.02. The molecule has 3 aromatic carbocycles. The van der Waals surface area contributed by atoms with Crippen LogP contribution >= 0.6 is 0 Å². The molecule has 0 heterocycles. The highest BCUT2D eigenvalue weighted by molar-refractivity contribution is 5.81. The highest BCUT2D eigenvalue weighted by Gasteiger charge is 2.54. The summed E-state index contributed by atoms with van der Waals surface area (Å²) in [5.41, 5.74) is 12.9. The zero-order valence-corrected chi connectivity index (χ0v) is 16.6. The van der Waals surface area contributed by atoms with E-state index in [0.29, 0.717) is 5.92 Å². The van der Waals surface area contributed by atoms with Crippen molar-refractivity contribution < 1.29 is 0 Å². The van der Waals surface area contributed by atoms with Crippen LogP contribution in [0.4, 0.5) is 0 Å². The van der Waals surface area contributed by atoms with Crippen LogP contribution in [0.1, 0.15) is 41.7 Å². The summed E-state index contributed by atoms with van der Waals surface area (Å²) in [6.07, 6.45) is 0. The second kappa shape index (κ2) is 6.72. The van der Waals surface area contributed by atoms with Crippen molar-refractivity contribution in [3.8, 4) is 0 Å². The summed E-state index contributed by atoms with van der Waals surface area (Å²) in [7, 11) is 0. The van der Waals surface area contributed by atoms with E-state index < -0.39 is 0 Å². The lowest BCUT2D eigenvalue weighted by molar-refractivity contribution is 0.707. The monoisotopic (exact) mass is 350 g/mol. The maximum atomic E-state index is 3.83. The minimum atomic E-state index is 0.0852. The molecule has 0 amide bonds. The Morgan fingerprint density at radius 1 is 0.741 bits per heavy atom. The lowest BCUT2D eigenvalue weighted by atomic mass is 9.94. The molecule has 3 aromatic rings. The molecule has 0 saturated heterocycles. The average Bonchev–Trinajstić information content (AvgIpc) is 3.23. The Morgan fingerprint density at radius 3 is 1.70 bits per heavy atom. The molecule has 134 valence electrons. The standard InChI is InChI=1S/C27H26/c1-19-10-14-22(15-11-19)25(23-16-12-20(2)13-17-23)18-26-21(3)27(26,4)24-8-6-5-7-9-24/h5-17,21H,1-4H3/t21-,27+/m0/s1. The van der Waals surface area contributed by atoms with Crippen molar-refractivity contribution in [1.82, 2.24) is 0 Å². The number of allylic oxidation sites excluding steroid dienone is 1. The second-order valence-corrected chi connectivity index (χ2v) is 7.94. The average molecular weight is 351 g/mol. The smallest absolute Gasteiger partial charge is 0.0309 e. The second-order valence-electron chi connectivity index (χ2n) is 7.94. The molecule has 0 aromatic heterocycles. The number of hydrogen-bond donors (Lipinski definition) is 0. The first kappa shape index (κ1) is 17.6. The van der Waals surface area contributed by atoms with Gasteiger partial charge in [-0.2, -0.15) is 0 Å². The summed E-state index contributed by atoms with van der Waals surface area (Å²) in [5, 5.41) is 0. The maximum absolute atomic E-state index is 3.83. The molecule has 0 aliphatic heterocycles. The molecule has 1 fully saturated rings. The number of hydrogen-bond acceptors (Lipinski definition) is 0. The van der Waals surface area contributed by atoms with Gasteiger partial charge in [0.2, 0.25) is 0 Å². The van der Waals surface area contributed by atoms with Crippen molar-refractivity contribution >= 4 is 5.57 Å². The summed E-state index contributed by atoms with van der Waals surface area (Å²) in [4.78, 5) is 0. The third-order valence-corrected chi connectivity index (χ3v) is 6.09. The number of benzene rings is 3. The minimum Gasteiger partial charge on any atom is -0.111 e. The van der Waals surface area contributed by atoms with Crippen LogP contribution in [0.25, 0.3) is 5.57 Å². The van der Waals surface area contributed by atoms with Crippen LogP contribution in [0.3, 0.4) is 0 Å². The van der Waals surface area contributed by atoms with Crippen molar-refractivity contribution in [2.24, 2.45) is 5.92 Å². The minimum absolute atomic E-state index is 0.0852. The van der Waals surface area contributed by atoms with Crippen molar-refractivity contribution in [2.75, 3.05) is 0 Å². The fourth-order valence-corrected chi connectivity index (χ4v) is 3.94. The van der Waals surface area contributed by atoms with Crippen molar-refractivity contribution in [2.45, 2.75) is 33.1 Å². The third-order valence-electron chi connectivity index (χ3n) is 6.09. The Kier molecular flexibility index (Phi) is 4.38. The highest BCUT2D eigenvalue weighted by Crippen LogP contribution is 2.58. The van der Waals surface area contributed by atoms with Gasteiger partial charge in [-0.3, -0.25) is 0 Å². The molecule has 0 nitrogen and oxygen atoms in total. The molecule has 0 radical (unpaired) electrons. The van der Waals surface area contributed by atoms with Gasteiger partial charge in [-0.15, -0.1) is 5.73 Å². The largest absolute Gasteiger partial charge is 0.111 e. The molecule has 0 N–H and O–H groups in total. The van der Waals surface area contributed by atoms with E-state index >= 15 is 0 Å². The summed E-state index contributed by atoms with van der Waals surface area (Å²) < 4.78 is 0. The van der Waals surface area contributed by atoms with Gasteiger partial charge in [0.25, 0.3) is 0 Å². The van der Waals surface area contributed by atoms with Gasteiger partial charge in [0.1, 0.15) is 0 Å². The molecular formula is C27H26. The van der Waals surface area contributed by atoms with Gasteiger partial charge in [-0.25, -0.2) is 0 Å². The predicted octanol–water partition coefficient (Wildman–Crippen LogP) is 6.87. The van der Waals surface area contributed by atoms with E-state index in [0.717, 1.165) is 0 Å². The molecule has 0 heteroatoms. The van der Waals surface area contributed by atoms with E-state index in [1.165, 1.54) is 39.0 Å². The fourth-order valence-electron chi connectivity index (χ4n) is 3.94. The molecule has 0 spiro atoms. The summed E-state index contributed by atoms with van der Waals surface area (Å²) in [6, 6.07) is 28.4. The number of rotatable bonds is 3. The number of aryl methyl sites for hydroxylation is 2. The maximum Gasteiger partial charge on any atom is 0.0309 e. The molecule has 0 bridgehead atoms. The SMILES string of the molecule is Cc1ccc(C(=C=C2[C@H](C)[C@]2(C)c2ccccc2)c2ccc(C)cc2)cc1. The van der Waals surface area contributed by atoms with E-state index in [-0.39, 0.29) is 5.41 Å². The van der Waals surface area contributed by atoms with E-state index in [1.54, 1.807) is 0 Å². The Balaban J connectivity index is 1.90. The molecule has 27 heavy (non-hydrogen) atoms. The van der Waals surface area contributed by atoms with Gasteiger partial charge < -0.3 is 0 Å². The normalized spacial score (nSPS) is 20.9.